The normalized spacial score (nSPS) is 42.2. The summed E-state index contributed by atoms with van der Waals surface area (Å²) in [4.78, 5) is 0. The number of aromatic nitrogens is 2. The van der Waals surface area contributed by atoms with E-state index in [-0.39, 0.29) is 18.3 Å². The molecule has 13 heavy (non-hydrogen) atoms. The van der Waals surface area contributed by atoms with E-state index < -0.39 is 0 Å². The van der Waals surface area contributed by atoms with Gasteiger partial charge in [-0.1, -0.05) is 0 Å². The van der Waals surface area contributed by atoms with Crippen molar-refractivity contribution in [3.63, 3.8) is 0 Å². The van der Waals surface area contributed by atoms with Gasteiger partial charge in [0.05, 0.1) is 11.2 Å². The van der Waals surface area contributed by atoms with Crippen molar-refractivity contribution in [1.82, 2.24) is 10.2 Å². The fourth-order valence-corrected chi connectivity index (χ4v) is 1.95. The Morgan fingerprint density at radius 2 is 2.15 bits per heavy atom. The number of nitrogens with one attached hydrogen (secondary N) is 1. The van der Waals surface area contributed by atoms with E-state index in [1.54, 1.807) is 6.20 Å². The summed E-state index contributed by atoms with van der Waals surface area (Å²) in [6, 6.07) is 0. The fraction of sp³-hybridized carbons (Fsp3) is 0.625. The van der Waals surface area contributed by atoms with Crippen LogP contribution in [0.5, 0.6) is 0 Å². The van der Waals surface area contributed by atoms with E-state index in [2.05, 4.69) is 24.0 Å². The summed E-state index contributed by atoms with van der Waals surface area (Å²) in [5, 5.41) is 6.62. The predicted molar refractivity (Wildman–Crippen MR) is 47.6 cm³/mol. The molecule has 1 aliphatic carbocycles. The molecule has 1 saturated carbocycles. The SMILES string of the molecule is CC12CC1(C)OB(c1cn[nH]c1)O2. The van der Waals surface area contributed by atoms with Crippen molar-refractivity contribution >= 4 is 12.6 Å². The van der Waals surface area contributed by atoms with Gasteiger partial charge in [-0.2, -0.15) is 5.10 Å². The Bertz CT molecular complexity index is 326. The summed E-state index contributed by atoms with van der Waals surface area (Å²) < 4.78 is 11.6. The van der Waals surface area contributed by atoms with Crippen molar-refractivity contribution in [2.75, 3.05) is 0 Å². The first-order valence-corrected chi connectivity index (χ1v) is 4.47. The molecule has 2 heterocycles. The van der Waals surface area contributed by atoms with Gasteiger partial charge in [0, 0.05) is 24.3 Å². The maximum Gasteiger partial charge on any atom is 0.498 e. The quantitative estimate of drug-likeness (QED) is 0.619. The third-order valence-corrected chi connectivity index (χ3v) is 3.19. The molecular weight excluding hydrogens is 167 g/mol. The molecule has 0 bridgehead atoms. The van der Waals surface area contributed by atoms with Crippen LogP contribution in [0.25, 0.3) is 0 Å². The van der Waals surface area contributed by atoms with Crippen LogP contribution in [0.2, 0.25) is 0 Å². The summed E-state index contributed by atoms with van der Waals surface area (Å²) in [6.07, 6.45) is 4.54. The molecule has 1 aromatic rings. The van der Waals surface area contributed by atoms with E-state index in [1.165, 1.54) is 0 Å². The van der Waals surface area contributed by atoms with Gasteiger partial charge in [0.1, 0.15) is 0 Å². The second-order valence-electron chi connectivity index (χ2n) is 4.24. The molecule has 1 aliphatic heterocycles. The van der Waals surface area contributed by atoms with Gasteiger partial charge >= 0.3 is 7.12 Å². The van der Waals surface area contributed by atoms with Crippen molar-refractivity contribution < 1.29 is 9.31 Å². The average Bonchev–Trinajstić information content (AvgIpc) is 2.53. The maximum absolute atomic E-state index is 5.79. The smallest absolute Gasteiger partial charge is 0.399 e. The van der Waals surface area contributed by atoms with Crippen molar-refractivity contribution in [2.24, 2.45) is 0 Å². The molecule has 0 spiro atoms. The van der Waals surface area contributed by atoms with Crippen LogP contribution in [0, 0.1) is 0 Å². The van der Waals surface area contributed by atoms with E-state index in [9.17, 15) is 0 Å². The summed E-state index contributed by atoms with van der Waals surface area (Å²) in [7, 11) is -0.234. The summed E-state index contributed by atoms with van der Waals surface area (Å²) in [5.41, 5.74) is 0.818. The first-order chi connectivity index (χ1) is 6.13. The zero-order valence-electron chi connectivity index (χ0n) is 7.70. The first kappa shape index (κ1) is 7.59. The first-order valence-electron chi connectivity index (χ1n) is 4.47. The molecule has 1 N–H and O–H groups in total. The zero-order valence-corrected chi connectivity index (χ0v) is 7.70. The van der Waals surface area contributed by atoms with Gasteiger partial charge in [-0.15, -0.1) is 0 Å². The van der Waals surface area contributed by atoms with E-state index >= 15 is 0 Å². The van der Waals surface area contributed by atoms with E-state index in [0.29, 0.717) is 0 Å². The highest BCUT2D eigenvalue weighted by molar-refractivity contribution is 6.62. The Morgan fingerprint density at radius 3 is 2.69 bits per heavy atom. The van der Waals surface area contributed by atoms with Crippen LogP contribution in [-0.4, -0.2) is 28.5 Å². The third kappa shape index (κ3) is 0.859. The Labute approximate surface area is 76.8 Å². The highest BCUT2D eigenvalue weighted by atomic mass is 16.7. The number of rotatable bonds is 1. The lowest BCUT2D eigenvalue weighted by molar-refractivity contribution is 0.187. The Morgan fingerprint density at radius 1 is 1.46 bits per heavy atom. The molecule has 2 atom stereocenters. The minimum atomic E-state index is -0.234. The lowest BCUT2D eigenvalue weighted by Gasteiger charge is -2.07. The van der Waals surface area contributed by atoms with Gasteiger partial charge in [-0.05, 0) is 13.8 Å². The van der Waals surface area contributed by atoms with Crippen LogP contribution >= 0.6 is 0 Å². The van der Waals surface area contributed by atoms with Gasteiger partial charge < -0.3 is 9.31 Å². The molecule has 1 saturated heterocycles. The summed E-state index contributed by atoms with van der Waals surface area (Å²) >= 11 is 0. The van der Waals surface area contributed by atoms with Crippen LogP contribution < -0.4 is 5.46 Å². The van der Waals surface area contributed by atoms with Gasteiger partial charge in [0.15, 0.2) is 0 Å². The van der Waals surface area contributed by atoms with Gasteiger partial charge in [0.25, 0.3) is 0 Å². The third-order valence-electron chi connectivity index (χ3n) is 3.19. The Kier molecular flexibility index (Phi) is 1.16. The second-order valence-corrected chi connectivity index (χ2v) is 4.24. The minimum Gasteiger partial charge on any atom is -0.399 e. The predicted octanol–water partition coefficient (Wildman–Crippen LogP) is 0.0728. The van der Waals surface area contributed by atoms with Crippen molar-refractivity contribution in [3.05, 3.63) is 12.4 Å². The van der Waals surface area contributed by atoms with Crippen molar-refractivity contribution in [3.8, 4) is 0 Å². The summed E-state index contributed by atoms with van der Waals surface area (Å²) in [6.45, 7) is 4.18. The molecular formula is C8H11BN2O2. The number of H-pyrrole nitrogens is 1. The van der Waals surface area contributed by atoms with E-state index in [1.807, 2.05) is 6.20 Å². The zero-order chi connectivity index (χ0) is 9.10. The number of fused-ring (bicyclic) bond motifs is 1. The monoisotopic (exact) mass is 178 g/mol. The molecule has 0 aromatic carbocycles. The number of hydrogen-bond acceptors (Lipinski definition) is 3. The number of nitrogens with zero attached hydrogens (tertiary/aromatic N) is 1. The standard InChI is InChI=1S/C8H11BN2O2/c1-7-5-8(7,2)13-9(12-7)6-3-10-11-4-6/h3-4H,5H2,1-2H3,(H,10,11). The fourth-order valence-electron chi connectivity index (χ4n) is 1.95. The highest BCUT2D eigenvalue weighted by Crippen LogP contribution is 2.57. The van der Waals surface area contributed by atoms with E-state index in [4.69, 9.17) is 9.31 Å². The Hall–Kier alpha value is -0.805. The molecule has 5 heteroatoms. The molecule has 1 aromatic heterocycles. The second kappa shape index (κ2) is 1.99. The molecule has 4 nitrogen and oxygen atoms in total. The minimum absolute atomic E-state index is 0.0745. The molecule has 2 unspecified atom stereocenters. The van der Waals surface area contributed by atoms with Crippen LogP contribution in [0.1, 0.15) is 20.3 Å². The lowest BCUT2D eigenvalue weighted by Crippen LogP contribution is -2.34. The molecule has 3 rings (SSSR count). The topological polar surface area (TPSA) is 47.1 Å². The molecule has 0 amide bonds. The van der Waals surface area contributed by atoms with Gasteiger partial charge in [0.2, 0.25) is 0 Å². The molecule has 2 fully saturated rings. The van der Waals surface area contributed by atoms with Crippen LogP contribution in [-0.2, 0) is 9.31 Å². The maximum atomic E-state index is 5.79. The van der Waals surface area contributed by atoms with E-state index in [0.717, 1.165) is 11.9 Å². The molecule has 0 radical (unpaired) electrons. The number of aromatic amines is 1. The largest absolute Gasteiger partial charge is 0.498 e. The van der Waals surface area contributed by atoms with Gasteiger partial charge in [-0.3, -0.25) is 5.10 Å². The summed E-state index contributed by atoms with van der Waals surface area (Å²) in [5.74, 6) is 0. The van der Waals surface area contributed by atoms with Crippen molar-refractivity contribution in [2.45, 2.75) is 31.5 Å². The Balaban J connectivity index is 1.86. The van der Waals surface area contributed by atoms with Crippen LogP contribution in [0.4, 0.5) is 0 Å². The van der Waals surface area contributed by atoms with Crippen LogP contribution in [0.3, 0.4) is 0 Å². The van der Waals surface area contributed by atoms with Crippen molar-refractivity contribution in [1.29, 1.82) is 0 Å². The molecule has 2 aliphatic rings. The van der Waals surface area contributed by atoms with Gasteiger partial charge in [-0.25, -0.2) is 0 Å². The van der Waals surface area contributed by atoms with Crippen LogP contribution in [0.15, 0.2) is 12.4 Å². The lowest BCUT2D eigenvalue weighted by atomic mass is 9.81. The average molecular weight is 178 g/mol. The molecule has 68 valence electrons. The highest BCUT2D eigenvalue weighted by Gasteiger charge is 2.71. The number of hydrogen-bond donors (Lipinski definition) is 1.